The summed E-state index contributed by atoms with van der Waals surface area (Å²) in [5.74, 6) is 0.376. The van der Waals surface area contributed by atoms with Gasteiger partial charge >= 0.3 is 0 Å². The molecule has 3 aromatic rings. The third kappa shape index (κ3) is 4.02. The van der Waals surface area contributed by atoms with Gasteiger partial charge in [0.15, 0.2) is 0 Å². The number of nitrogens with one attached hydrogen (secondary N) is 2. The highest BCUT2D eigenvalue weighted by atomic mass is 16.5. The molecule has 0 saturated carbocycles. The lowest BCUT2D eigenvalue weighted by molar-refractivity contribution is -0.139. The predicted molar refractivity (Wildman–Crippen MR) is 130 cm³/mol. The van der Waals surface area contributed by atoms with Gasteiger partial charge in [0.05, 0.1) is 19.3 Å². The van der Waals surface area contributed by atoms with Crippen molar-refractivity contribution >= 4 is 16.9 Å². The molecule has 2 aromatic heterocycles. The SMILES string of the molecule is Cc1c[nH]c2ncc(-c3cc4c(c([C@@H]5COCCN5)c3)CCN(C(=O)C3CCOCC3)C4)cc12. The monoisotopic (exact) mass is 460 g/mol. The zero-order valence-electron chi connectivity index (χ0n) is 19.7. The molecule has 3 aliphatic heterocycles. The molecule has 2 saturated heterocycles. The third-order valence-corrected chi connectivity index (χ3v) is 7.62. The number of aromatic nitrogens is 2. The number of nitrogens with zero attached hydrogens (tertiary/aromatic N) is 2. The topological polar surface area (TPSA) is 79.5 Å². The number of aryl methyl sites for hydroxylation is 1. The maximum atomic E-state index is 13.3. The molecule has 5 heterocycles. The second kappa shape index (κ2) is 9.13. The van der Waals surface area contributed by atoms with Gasteiger partial charge in [-0.15, -0.1) is 0 Å². The van der Waals surface area contributed by atoms with E-state index in [1.165, 1.54) is 22.3 Å². The van der Waals surface area contributed by atoms with Gasteiger partial charge in [0.1, 0.15) is 5.65 Å². The van der Waals surface area contributed by atoms with Gasteiger partial charge in [0, 0.05) is 62.1 Å². The van der Waals surface area contributed by atoms with Crippen LogP contribution in [0.3, 0.4) is 0 Å². The van der Waals surface area contributed by atoms with Gasteiger partial charge in [-0.3, -0.25) is 4.79 Å². The van der Waals surface area contributed by atoms with Crippen molar-refractivity contribution in [2.45, 2.75) is 38.8 Å². The normalized spacial score (nSPS) is 21.6. The molecule has 3 aliphatic rings. The summed E-state index contributed by atoms with van der Waals surface area (Å²) in [7, 11) is 0. The number of aromatic amines is 1. The Morgan fingerprint density at radius 3 is 2.82 bits per heavy atom. The van der Waals surface area contributed by atoms with E-state index in [1.54, 1.807) is 0 Å². The van der Waals surface area contributed by atoms with Crippen molar-refractivity contribution in [2.75, 3.05) is 39.5 Å². The van der Waals surface area contributed by atoms with Crippen LogP contribution < -0.4 is 5.32 Å². The highest BCUT2D eigenvalue weighted by Gasteiger charge is 2.31. The fourth-order valence-electron chi connectivity index (χ4n) is 5.66. The Morgan fingerprint density at radius 2 is 2.00 bits per heavy atom. The molecule has 0 unspecified atom stereocenters. The van der Waals surface area contributed by atoms with Gasteiger partial charge in [-0.05, 0) is 72.2 Å². The Labute approximate surface area is 199 Å². The van der Waals surface area contributed by atoms with E-state index in [2.05, 4.69) is 45.3 Å². The van der Waals surface area contributed by atoms with Crippen LogP contribution in [0.25, 0.3) is 22.2 Å². The van der Waals surface area contributed by atoms with Gasteiger partial charge in [-0.2, -0.15) is 0 Å². The minimum atomic E-state index is 0.0922. The Kier molecular flexibility index (Phi) is 5.85. The van der Waals surface area contributed by atoms with Crippen molar-refractivity contribution in [1.29, 1.82) is 0 Å². The van der Waals surface area contributed by atoms with Crippen LogP contribution in [0.1, 0.15) is 41.1 Å². The van der Waals surface area contributed by atoms with E-state index in [9.17, 15) is 4.79 Å². The van der Waals surface area contributed by atoms with Crippen molar-refractivity contribution in [1.82, 2.24) is 20.2 Å². The molecule has 34 heavy (non-hydrogen) atoms. The molecular weight excluding hydrogens is 428 g/mol. The summed E-state index contributed by atoms with van der Waals surface area (Å²) in [6, 6.07) is 6.98. The second-order valence-corrected chi connectivity index (χ2v) is 9.77. The summed E-state index contributed by atoms with van der Waals surface area (Å²) in [5, 5.41) is 4.79. The molecule has 0 aliphatic carbocycles. The number of ether oxygens (including phenoxy) is 2. The van der Waals surface area contributed by atoms with Crippen LogP contribution in [-0.2, 0) is 27.2 Å². The van der Waals surface area contributed by atoms with Gasteiger partial charge in [-0.1, -0.05) is 0 Å². The van der Waals surface area contributed by atoms with Crippen LogP contribution in [0.4, 0.5) is 0 Å². The van der Waals surface area contributed by atoms with E-state index < -0.39 is 0 Å². The summed E-state index contributed by atoms with van der Waals surface area (Å²) in [5.41, 5.74) is 8.27. The third-order valence-electron chi connectivity index (χ3n) is 7.62. The van der Waals surface area contributed by atoms with Crippen LogP contribution in [0, 0.1) is 12.8 Å². The largest absolute Gasteiger partial charge is 0.381 e. The highest BCUT2D eigenvalue weighted by molar-refractivity contribution is 5.85. The standard InChI is InChI=1S/C27H32N4O3/c1-17-13-29-26-23(17)12-20(14-30-26)19-10-21-15-31(27(32)18-3-7-33-8-4-18)6-2-22(21)24(11-19)25-16-34-9-5-28-25/h10-14,18,25,28H,2-9,15-16H2,1H3,(H,29,30)/t25-/m0/s1. The molecule has 7 heteroatoms. The second-order valence-electron chi connectivity index (χ2n) is 9.77. The van der Waals surface area contributed by atoms with Gasteiger partial charge in [0.2, 0.25) is 5.91 Å². The zero-order chi connectivity index (χ0) is 23.1. The van der Waals surface area contributed by atoms with E-state index in [0.29, 0.717) is 26.4 Å². The van der Waals surface area contributed by atoms with Crippen molar-refractivity contribution < 1.29 is 14.3 Å². The molecule has 2 fully saturated rings. The number of hydrogen-bond acceptors (Lipinski definition) is 5. The van der Waals surface area contributed by atoms with E-state index in [0.717, 1.165) is 61.1 Å². The van der Waals surface area contributed by atoms with E-state index >= 15 is 0 Å². The molecule has 6 rings (SSSR count). The molecule has 0 radical (unpaired) electrons. The summed E-state index contributed by atoms with van der Waals surface area (Å²) in [6.45, 7) is 7.21. The van der Waals surface area contributed by atoms with Crippen LogP contribution >= 0.6 is 0 Å². The molecular formula is C27H32N4O3. The summed E-state index contributed by atoms with van der Waals surface area (Å²) < 4.78 is 11.3. The number of rotatable bonds is 3. The Balaban J connectivity index is 1.38. The van der Waals surface area contributed by atoms with Crippen LogP contribution in [-0.4, -0.2) is 60.3 Å². The molecule has 7 nitrogen and oxygen atoms in total. The number of carbonyl (C=O) groups excluding carboxylic acids is 1. The van der Waals surface area contributed by atoms with Gasteiger partial charge in [0.25, 0.3) is 0 Å². The van der Waals surface area contributed by atoms with Crippen molar-refractivity contribution in [2.24, 2.45) is 5.92 Å². The Bertz CT molecular complexity index is 1210. The first-order valence-corrected chi connectivity index (χ1v) is 12.4. The smallest absolute Gasteiger partial charge is 0.226 e. The number of H-pyrrole nitrogens is 1. The maximum absolute atomic E-state index is 13.3. The quantitative estimate of drug-likeness (QED) is 0.625. The lowest BCUT2D eigenvalue weighted by Gasteiger charge is -2.36. The fourth-order valence-corrected chi connectivity index (χ4v) is 5.66. The molecule has 1 aromatic carbocycles. The minimum absolute atomic E-state index is 0.0922. The van der Waals surface area contributed by atoms with Crippen LogP contribution in [0.5, 0.6) is 0 Å². The fraction of sp³-hybridized carbons (Fsp3) is 0.481. The van der Waals surface area contributed by atoms with E-state index in [-0.39, 0.29) is 17.9 Å². The average molecular weight is 461 g/mol. The van der Waals surface area contributed by atoms with Crippen molar-refractivity contribution in [3.05, 3.63) is 52.8 Å². The lowest BCUT2D eigenvalue weighted by Crippen LogP contribution is -2.42. The molecule has 178 valence electrons. The maximum Gasteiger partial charge on any atom is 0.226 e. The number of carbonyl (C=O) groups is 1. The summed E-state index contributed by atoms with van der Waals surface area (Å²) in [6.07, 6.45) is 6.49. The summed E-state index contributed by atoms with van der Waals surface area (Å²) in [4.78, 5) is 23.3. The van der Waals surface area contributed by atoms with E-state index in [1.807, 2.05) is 12.4 Å². The number of morpholine rings is 1. The minimum Gasteiger partial charge on any atom is -0.381 e. The highest BCUT2D eigenvalue weighted by Crippen LogP contribution is 2.35. The van der Waals surface area contributed by atoms with Crippen LogP contribution in [0.15, 0.2) is 30.6 Å². The Hall–Kier alpha value is -2.74. The Morgan fingerprint density at radius 1 is 1.12 bits per heavy atom. The van der Waals surface area contributed by atoms with Crippen molar-refractivity contribution in [3.8, 4) is 11.1 Å². The number of benzene rings is 1. The van der Waals surface area contributed by atoms with Gasteiger partial charge in [-0.25, -0.2) is 4.98 Å². The number of hydrogen-bond donors (Lipinski definition) is 2. The first kappa shape index (κ1) is 21.8. The lowest BCUT2D eigenvalue weighted by atomic mass is 9.86. The zero-order valence-corrected chi connectivity index (χ0v) is 19.7. The number of fused-ring (bicyclic) bond motifs is 2. The molecule has 0 spiro atoms. The number of amides is 1. The van der Waals surface area contributed by atoms with Crippen molar-refractivity contribution in [3.63, 3.8) is 0 Å². The first-order valence-electron chi connectivity index (χ1n) is 12.4. The molecule has 1 atom stereocenters. The molecule has 2 N–H and O–H groups in total. The average Bonchev–Trinajstić information content (AvgIpc) is 3.28. The first-order chi connectivity index (χ1) is 16.7. The van der Waals surface area contributed by atoms with E-state index in [4.69, 9.17) is 9.47 Å². The van der Waals surface area contributed by atoms with Gasteiger partial charge < -0.3 is 24.7 Å². The summed E-state index contributed by atoms with van der Waals surface area (Å²) >= 11 is 0. The predicted octanol–water partition coefficient (Wildman–Crippen LogP) is 3.51. The van der Waals surface area contributed by atoms with Crippen LogP contribution in [0.2, 0.25) is 0 Å². The molecule has 0 bridgehead atoms. The number of pyridine rings is 1. The molecule has 1 amide bonds.